The number of amides is 1. The Balaban J connectivity index is 1.57. The number of ether oxygens (including phenoxy) is 2. The average Bonchev–Trinajstić information content (AvgIpc) is 3.18. The van der Waals surface area contributed by atoms with Gasteiger partial charge in [-0.3, -0.25) is 4.79 Å². The van der Waals surface area contributed by atoms with Crippen LogP contribution in [0.5, 0.6) is 5.75 Å². The van der Waals surface area contributed by atoms with E-state index in [2.05, 4.69) is 15.2 Å². The summed E-state index contributed by atoms with van der Waals surface area (Å²) >= 11 is 12.4. The number of fused-ring (bicyclic) bond motifs is 4. The molecule has 2 atom stereocenters. The Labute approximate surface area is 186 Å². The zero-order chi connectivity index (χ0) is 21.7. The molecule has 2 unspecified atom stereocenters. The molecule has 11 heteroatoms. The Morgan fingerprint density at radius 3 is 2.90 bits per heavy atom. The van der Waals surface area contributed by atoms with E-state index in [0.717, 1.165) is 0 Å². The van der Waals surface area contributed by atoms with Crippen molar-refractivity contribution in [2.75, 3.05) is 20.3 Å². The van der Waals surface area contributed by atoms with Crippen molar-refractivity contribution in [2.45, 2.75) is 18.6 Å². The summed E-state index contributed by atoms with van der Waals surface area (Å²) in [5, 5.41) is 8.93. The van der Waals surface area contributed by atoms with Gasteiger partial charge in [0, 0.05) is 18.8 Å². The first-order valence-corrected chi connectivity index (χ1v) is 10.2. The number of hydrogen-bond acceptors (Lipinski definition) is 6. The number of benzene rings is 1. The molecule has 1 amide bonds. The van der Waals surface area contributed by atoms with Crippen LogP contribution < -0.4 is 4.74 Å². The van der Waals surface area contributed by atoms with Crippen molar-refractivity contribution in [3.05, 3.63) is 57.7 Å². The van der Waals surface area contributed by atoms with Gasteiger partial charge in [0.15, 0.2) is 23.2 Å². The summed E-state index contributed by atoms with van der Waals surface area (Å²) < 4.78 is 27.4. The van der Waals surface area contributed by atoms with Crippen LogP contribution in [0.25, 0.3) is 11.5 Å². The van der Waals surface area contributed by atoms with Gasteiger partial charge >= 0.3 is 0 Å². The number of pyridine rings is 1. The van der Waals surface area contributed by atoms with Crippen LogP contribution in [-0.2, 0) is 11.3 Å². The van der Waals surface area contributed by atoms with Gasteiger partial charge in [-0.15, -0.1) is 10.2 Å². The zero-order valence-electron chi connectivity index (χ0n) is 16.3. The summed E-state index contributed by atoms with van der Waals surface area (Å²) in [5.41, 5.74) is 0.342. The number of methoxy groups -OCH3 is 1. The van der Waals surface area contributed by atoms with Crippen LogP contribution in [0.3, 0.4) is 0 Å². The Kier molecular flexibility index (Phi) is 5.04. The van der Waals surface area contributed by atoms with Crippen LogP contribution in [-0.4, -0.2) is 56.9 Å². The van der Waals surface area contributed by atoms with E-state index in [-0.39, 0.29) is 40.8 Å². The van der Waals surface area contributed by atoms with Crippen molar-refractivity contribution in [3.63, 3.8) is 0 Å². The Hall–Kier alpha value is -2.75. The summed E-state index contributed by atoms with van der Waals surface area (Å²) in [6.45, 7) is 0.856. The van der Waals surface area contributed by atoms with Crippen LogP contribution in [0, 0.1) is 5.82 Å². The first-order valence-electron chi connectivity index (χ1n) is 9.47. The number of nitrogens with zero attached hydrogens (tertiary/aromatic N) is 5. The topological polar surface area (TPSA) is 82.4 Å². The van der Waals surface area contributed by atoms with Crippen molar-refractivity contribution in [1.29, 1.82) is 0 Å². The fourth-order valence-electron chi connectivity index (χ4n) is 4.05. The predicted octanol–water partition coefficient (Wildman–Crippen LogP) is 3.39. The van der Waals surface area contributed by atoms with Crippen molar-refractivity contribution >= 4 is 29.1 Å². The quantitative estimate of drug-likeness (QED) is 0.591. The minimum Gasteiger partial charge on any atom is -0.494 e. The van der Waals surface area contributed by atoms with Crippen LogP contribution in [0.2, 0.25) is 10.0 Å². The van der Waals surface area contributed by atoms with E-state index >= 15 is 0 Å². The number of aromatic nitrogens is 4. The summed E-state index contributed by atoms with van der Waals surface area (Å²) in [7, 11) is 1.38. The normalized spacial score (nSPS) is 19.8. The molecule has 2 bridgehead atoms. The fraction of sp³-hybridized carbons (Fsp3) is 0.300. The van der Waals surface area contributed by atoms with E-state index in [1.807, 2.05) is 0 Å². The highest BCUT2D eigenvalue weighted by atomic mass is 35.5. The lowest BCUT2D eigenvalue weighted by molar-refractivity contribution is -0.0569. The molecule has 0 spiro atoms. The van der Waals surface area contributed by atoms with Gasteiger partial charge in [0.1, 0.15) is 11.7 Å². The van der Waals surface area contributed by atoms with Gasteiger partial charge in [-0.25, -0.2) is 9.37 Å². The summed E-state index contributed by atoms with van der Waals surface area (Å²) in [4.78, 5) is 19.2. The first-order chi connectivity index (χ1) is 15.0. The highest BCUT2D eigenvalue weighted by Gasteiger charge is 2.44. The minimum absolute atomic E-state index is 0.0368. The van der Waals surface area contributed by atoms with Gasteiger partial charge in [0.25, 0.3) is 5.91 Å². The molecule has 31 heavy (non-hydrogen) atoms. The number of carbonyl (C=O) groups excluding carboxylic acids is 1. The summed E-state index contributed by atoms with van der Waals surface area (Å²) in [6, 6.07) is 5.54. The Bertz CT molecular complexity index is 1190. The molecule has 5 rings (SSSR count). The van der Waals surface area contributed by atoms with Crippen LogP contribution in [0.15, 0.2) is 30.5 Å². The third-order valence-corrected chi connectivity index (χ3v) is 6.31. The van der Waals surface area contributed by atoms with Crippen LogP contribution in [0.1, 0.15) is 22.2 Å². The van der Waals surface area contributed by atoms with E-state index in [0.29, 0.717) is 29.6 Å². The number of halogens is 3. The summed E-state index contributed by atoms with van der Waals surface area (Å²) in [6.07, 6.45) is 1.45. The molecular weight excluding hydrogens is 448 g/mol. The summed E-state index contributed by atoms with van der Waals surface area (Å²) in [5.74, 6) is -0.0649. The second kappa shape index (κ2) is 7.74. The molecule has 0 aliphatic carbocycles. The fourth-order valence-corrected chi connectivity index (χ4v) is 4.43. The lowest BCUT2D eigenvalue weighted by Crippen LogP contribution is -2.56. The van der Waals surface area contributed by atoms with Gasteiger partial charge in [0.2, 0.25) is 0 Å². The maximum Gasteiger partial charge on any atom is 0.256 e. The third kappa shape index (κ3) is 3.15. The molecular formula is C20H16Cl2FN5O3. The highest BCUT2D eigenvalue weighted by Crippen LogP contribution is 2.38. The molecule has 0 N–H and O–H groups in total. The maximum absolute atomic E-state index is 14.8. The average molecular weight is 464 g/mol. The van der Waals surface area contributed by atoms with Gasteiger partial charge < -0.3 is 18.9 Å². The second-order valence-corrected chi connectivity index (χ2v) is 7.97. The molecule has 1 fully saturated rings. The Morgan fingerprint density at radius 2 is 2.10 bits per heavy atom. The van der Waals surface area contributed by atoms with Gasteiger partial charge in [-0.1, -0.05) is 29.3 Å². The predicted molar refractivity (Wildman–Crippen MR) is 110 cm³/mol. The monoisotopic (exact) mass is 463 g/mol. The number of carbonyl (C=O) groups is 1. The van der Waals surface area contributed by atoms with E-state index < -0.39 is 11.9 Å². The van der Waals surface area contributed by atoms with E-state index in [4.69, 9.17) is 32.7 Å². The lowest BCUT2D eigenvalue weighted by Gasteiger charge is -2.45. The van der Waals surface area contributed by atoms with Gasteiger partial charge in [-0.05, 0) is 12.1 Å². The minimum atomic E-state index is -0.620. The zero-order valence-corrected chi connectivity index (χ0v) is 17.8. The number of morpholine rings is 1. The van der Waals surface area contributed by atoms with E-state index in [1.165, 1.54) is 19.4 Å². The Morgan fingerprint density at radius 1 is 1.26 bits per heavy atom. The molecule has 2 aromatic heterocycles. The number of hydrogen-bond donors (Lipinski definition) is 0. The molecule has 0 saturated carbocycles. The van der Waals surface area contributed by atoms with Crippen LogP contribution in [0.4, 0.5) is 4.39 Å². The molecule has 160 valence electrons. The molecule has 3 aromatic rings. The maximum atomic E-state index is 14.8. The first kappa shape index (κ1) is 20.2. The smallest absolute Gasteiger partial charge is 0.256 e. The van der Waals surface area contributed by atoms with E-state index in [9.17, 15) is 9.18 Å². The molecule has 8 nitrogen and oxygen atoms in total. The SMILES string of the molecule is COc1ccnc(-c2nnc3n2CC2COCC3N2C(=O)c2cccc(Cl)c2Cl)c1F. The molecule has 4 heterocycles. The second-order valence-electron chi connectivity index (χ2n) is 7.19. The van der Waals surface area contributed by atoms with Crippen LogP contribution >= 0.6 is 23.2 Å². The molecule has 1 aromatic carbocycles. The van der Waals surface area contributed by atoms with Crippen molar-refractivity contribution in [1.82, 2.24) is 24.6 Å². The van der Waals surface area contributed by atoms with Crippen molar-refractivity contribution in [2.24, 2.45) is 0 Å². The lowest BCUT2D eigenvalue weighted by atomic mass is 10.0. The van der Waals surface area contributed by atoms with Crippen molar-refractivity contribution in [3.8, 4) is 17.3 Å². The number of rotatable bonds is 3. The third-order valence-electron chi connectivity index (χ3n) is 5.49. The molecule has 2 aliphatic heterocycles. The van der Waals surface area contributed by atoms with Crippen molar-refractivity contribution < 1.29 is 18.7 Å². The molecule has 1 saturated heterocycles. The standard InChI is InChI=1S/C20H16Cl2FN5O3/c1-30-14-5-6-24-17(16(14)23)19-26-25-18-13-9-31-8-10(7-27(18)19)28(13)20(29)11-3-2-4-12(21)15(11)22/h2-6,10,13H,7-9H2,1H3. The van der Waals surface area contributed by atoms with Gasteiger partial charge in [0.05, 0.1) is 42.0 Å². The van der Waals surface area contributed by atoms with E-state index in [1.54, 1.807) is 27.7 Å². The highest BCUT2D eigenvalue weighted by molar-refractivity contribution is 6.43. The molecule has 0 radical (unpaired) electrons. The molecule has 2 aliphatic rings. The largest absolute Gasteiger partial charge is 0.494 e. The van der Waals surface area contributed by atoms with Gasteiger partial charge in [-0.2, -0.15) is 0 Å².